The number of hydrogen-bond acceptors (Lipinski definition) is 4. The molecule has 1 aromatic carbocycles. The Labute approximate surface area is 124 Å². The summed E-state index contributed by atoms with van der Waals surface area (Å²) in [5.74, 6) is -1.16. The highest BCUT2D eigenvalue weighted by atomic mass is 35.5. The first-order valence-corrected chi connectivity index (χ1v) is 7.04. The molecule has 104 valence electrons. The van der Waals surface area contributed by atoms with Gasteiger partial charge >= 0.3 is 5.97 Å². The predicted octanol–water partition coefficient (Wildman–Crippen LogP) is 2.37. The summed E-state index contributed by atoms with van der Waals surface area (Å²) in [6.07, 6.45) is 1.54. The molecule has 0 bridgehead atoms. The number of carboxylic acid groups (broad SMARTS) is 1. The fourth-order valence-corrected chi connectivity index (χ4v) is 2.52. The summed E-state index contributed by atoms with van der Waals surface area (Å²) >= 11 is 7.13. The standard InChI is InChI=1S/C13H11ClN2O3S/c1-8-2-3-9(14)10(6-8)16-5-4-11(17)15-13(16)20-7-12(18)19/h2-6H,7H2,1H3,(H,18,19). The van der Waals surface area contributed by atoms with Crippen LogP contribution in [0.5, 0.6) is 0 Å². The molecule has 0 aliphatic carbocycles. The van der Waals surface area contributed by atoms with Gasteiger partial charge in [-0.15, -0.1) is 0 Å². The first-order valence-electron chi connectivity index (χ1n) is 5.68. The molecule has 20 heavy (non-hydrogen) atoms. The number of rotatable bonds is 4. The van der Waals surface area contributed by atoms with Crippen LogP contribution < -0.4 is 5.56 Å². The smallest absolute Gasteiger partial charge is 0.313 e. The summed E-state index contributed by atoms with van der Waals surface area (Å²) in [7, 11) is 0. The monoisotopic (exact) mass is 310 g/mol. The SMILES string of the molecule is Cc1ccc(Cl)c(-n2ccc(=O)nc2SCC(=O)O)c1. The number of thioether (sulfide) groups is 1. The first-order chi connectivity index (χ1) is 9.47. The van der Waals surface area contributed by atoms with Crippen LogP contribution in [0, 0.1) is 6.92 Å². The van der Waals surface area contributed by atoms with Crippen LogP contribution in [0.15, 0.2) is 40.4 Å². The highest BCUT2D eigenvalue weighted by Crippen LogP contribution is 2.25. The second-order valence-corrected chi connectivity index (χ2v) is 5.41. The lowest BCUT2D eigenvalue weighted by molar-refractivity contribution is -0.133. The van der Waals surface area contributed by atoms with Crippen molar-refractivity contribution in [3.8, 4) is 5.69 Å². The maximum absolute atomic E-state index is 11.4. The van der Waals surface area contributed by atoms with Crippen molar-refractivity contribution < 1.29 is 9.90 Å². The van der Waals surface area contributed by atoms with Crippen LogP contribution >= 0.6 is 23.4 Å². The van der Waals surface area contributed by atoms with Crippen molar-refractivity contribution in [2.45, 2.75) is 12.1 Å². The number of aryl methyl sites for hydroxylation is 1. The van der Waals surface area contributed by atoms with Gasteiger partial charge in [0.05, 0.1) is 16.5 Å². The molecule has 5 nitrogen and oxygen atoms in total. The topological polar surface area (TPSA) is 72.2 Å². The van der Waals surface area contributed by atoms with Crippen molar-refractivity contribution >= 4 is 29.3 Å². The van der Waals surface area contributed by atoms with Gasteiger partial charge in [-0.25, -0.2) is 0 Å². The summed E-state index contributed by atoms with van der Waals surface area (Å²) in [6, 6.07) is 6.77. The first kappa shape index (κ1) is 14.6. The molecule has 1 aromatic heterocycles. The second kappa shape index (κ2) is 6.11. The zero-order valence-corrected chi connectivity index (χ0v) is 12.1. The summed E-state index contributed by atoms with van der Waals surface area (Å²) in [6.45, 7) is 1.92. The normalized spacial score (nSPS) is 10.5. The summed E-state index contributed by atoms with van der Waals surface area (Å²) in [5, 5.41) is 9.54. The van der Waals surface area contributed by atoms with Gasteiger partial charge in [0.15, 0.2) is 5.16 Å². The van der Waals surface area contributed by atoms with Crippen LogP contribution in [0.1, 0.15) is 5.56 Å². The third-order valence-electron chi connectivity index (χ3n) is 2.46. The lowest BCUT2D eigenvalue weighted by Crippen LogP contribution is -2.13. The largest absolute Gasteiger partial charge is 0.481 e. The molecule has 1 N–H and O–H groups in total. The summed E-state index contributed by atoms with van der Waals surface area (Å²) < 4.78 is 1.62. The van der Waals surface area contributed by atoms with E-state index in [-0.39, 0.29) is 5.75 Å². The third-order valence-corrected chi connectivity index (χ3v) is 3.72. The maximum Gasteiger partial charge on any atom is 0.313 e. The Hall–Kier alpha value is -1.79. The molecular weight excluding hydrogens is 300 g/mol. The molecule has 7 heteroatoms. The Morgan fingerprint density at radius 1 is 1.45 bits per heavy atom. The molecule has 0 unspecified atom stereocenters. The average molecular weight is 311 g/mol. The number of benzene rings is 1. The lowest BCUT2D eigenvalue weighted by Gasteiger charge is -2.13. The van der Waals surface area contributed by atoms with Gasteiger partial charge in [0.1, 0.15) is 0 Å². The minimum Gasteiger partial charge on any atom is -0.481 e. The Morgan fingerprint density at radius 2 is 2.20 bits per heavy atom. The van der Waals surface area contributed by atoms with E-state index in [1.165, 1.54) is 6.07 Å². The van der Waals surface area contributed by atoms with E-state index in [1.807, 2.05) is 19.1 Å². The van der Waals surface area contributed by atoms with E-state index in [1.54, 1.807) is 16.8 Å². The Kier molecular flexibility index (Phi) is 4.46. The molecule has 0 amide bonds. The highest BCUT2D eigenvalue weighted by molar-refractivity contribution is 7.99. The zero-order valence-electron chi connectivity index (χ0n) is 10.5. The van der Waals surface area contributed by atoms with Crippen molar-refractivity contribution in [1.29, 1.82) is 0 Å². The molecule has 0 aliphatic rings. The van der Waals surface area contributed by atoms with Crippen LogP contribution in [0.3, 0.4) is 0 Å². The Bertz CT molecular complexity index is 715. The van der Waals surface area contributed by atoms with Crippen LogP contribution in [-0.4, -0.2) is 26.4 Å². The number of carboxylic acids is 1. The minimum atomic E-state index is -0.977. The van der Waals surface area contributed by atoms with Crippen LogP contribution in [0.25, 0.3) is 5.69 Å². The quantitative estimate of drug-likeness (QED) is 0.693. The van der Waals surface area contributed by atoms with E-state index in [9.17, 15) is 9.59 Å². The van der Waals surface area contributed by atoms with Crippen molar-refractivity contribution in [2.75, 3.05) is 5.75 Å². The Balaban J connectivity index is 2.52. The number of hydrogen-bond donors (Lipinski definition) is 1. The van der Waals surface area contributed by atoms with E-state index in [0.29, 0.717) is 15.9 Å². The fourth-order valence-electron chi connectivity index (χ4n) is 1.61. The van der Waals surface area contributed by atoms with E-state index in [4.69, 9.17) is 16.7 Å². The van der Waals surface area contributed by atoms with Gasteiger partial charge in [-0.2, -0.15) is 4.98 Å². The molecule has 0 fully saturated rings. The molecule has 0 radical (unpaired) electrons. The molecule has 2 aromatic rings. The predicted molar refractivity (Wildman–Crippen MR) is 77.9 cm³/mol. The number of carbonyl (C=O) groups is 1. The van der Waals surface area contributed by atoms with E-state index in [2.05, 4.69) is 4.98 Å². The molecule has 0 spiro atoms. The number of aromatic nitrogens is 2. The van der Waals surface area contributed by atoms with Gasteiger partial charge in [0.2, 0.25) is 0 Å². The zero-order chi connectivity index (χ0) is 14.7. The van der Waals surface area contributed by atoms with Gasteiger partial charge in [-0.1, -0.05) is 29.4 Å². The van der Waals surface area contributed by atoms with Crippen molar-refractivity contribution in [1.82, 2.24) is 9.55 Å². The molecular formula is C13H11ClN2O3S. The van der Waals surface area contributed by atoms with Gasteiger partial charge in [-0.3, -0.25) is 14.2 Å². The minimum absolute atomic E-state index is 0.181. The van der Waals surface area contributed by atoms with Crippen molar-refractivity contribution in [3.05, 3.63) is 51.4 Å². The van der Waals surface area contributed by atoms with Gasteiger partial charge in [0, 0.05) is 12.3 Å². The van der Waals surface area contributed by atoms with E-state index >= 15 is 0 Å². The van der Waals surface area contributed by atoms with Gasteiger partial charge in [0.25, 0.3) is 5.56 Å². The molecule has 0 aliphatic heterocycles. The van der Waals surface area contributed by atoms with E-state index < -0.39 is 11.5 Å². The van der Waals surface area contributed by atoms with Gasteiger partial charge < -0.3 is 5.11 Å². The molecule has 2 rings (SSSR count). The summed E-state index contributed by atoms with van der Waals surface area (Å²) in [5.41, 5.74) is 1.24. The average Bonchev–Trinajstić information content (AvgIpc) is 2.39. The number of nitrogens with zero attached hydrogens (tertiary/aromatic N) is 2. The van der Waals surface area contributed by atoms with E-state index in [0.717, 1.165) is 17.3 Å². The van der Waals surface area contributed by atoms with Crippen LogP contribution in [-0.2, 0) is 4.79 Å². The highest BCUT2D eigenvalue weighted by Gasteiger charge is 2.11. The molecule has 0 saturated carbocycles. The summed E-state index contributed by atoms with van der Waals surface area (Å²) in [4.78, 5) is 25.9. The number of halogens is 1. The van der Waals surface area contributed by atoms with Crippen LogP contribution in [0.4, 0.5) is 0 Å². The fraction of sp³-hybridized carbons (Fsp3) is 0.154. The van der Waals surface area contributed by atoms with Crippen molar-refractivity contribution in [3.63, 3.8) is 0 Å². The Morgan fingerprint density at radius 3 is 2.90 bits per heavy atom. The lowest BCUT2D eigenvalue weighted by atomic mass is 10.2. The van der Waals surface area contributed by atoms with Gasteiger partial charge in [-0.05, 0) is 24.6 Å². The van der Waals surface area contributed by atoms with Crippen LogP contribution in [0.2, 0.25) is 5.02 Å². The molecule has 0 atom stereocenters. The maximum atomic E-state index is 11.4. The third kappa shape index (κ3) is 3.40. The molecule has 0 saturated heterocycles. The number of aliphatic carboxylic acids is 1. The molecule has 1 heterocycles. The van der Waals surface area contributed by atoms with Crippen molar-refractivity contribution in [2.24, 2.45) is 0 Å². The second-order valence-electron chi connectivity index (χ2n) is 4.06.